The Hall–Kier alpha value is -2.21. The van der Waals surface area contributed by atoms with Gasteiger partial charge < -0.3 is 5.32 Å². The first kappa shape index (κ1) is 9.78. The standard InChI is InChI=1S/C12H9N5S/c1-2-4-8(5-3-1)10-14-12-15-11(17(12)16-10)9-6-13-7-18-9/h1-7,11H,(H,14,15,16). The topological polar surface area (TPSA) is 55.6 Å². The van der Waals surface area contributed by atoms with Gasteiger partial charge in [-0.05, 0) is 0 Å². The fourth-order valence-electron chi connectivity index (χ4n) is 1.98. The predicted molar refractivity (Wildman–Crippen MR) is 69.3 cm³/mol. The van der Waals surface area contributed by atoms with Crippen molar-refractivity contribution in [1.29, 1.82) is 0 Å². The summed E-state index contributed by atoms with van der Waals surface area (Å²) < 4.78 is 1.90. The number of nitrogens with one attached hydrogen (secondary N) is 1. The highest BCUT2D eigenvalue weighted by Crippen LogP contribution is 2.34. The van der Waals surface area contributed by atoms with Gasteiger partial charge in [-0.25, -0.2) is 4.68 Å². The van der Waals surface area contributed by atoms with Crippen molar-refractivity contribution in [3.8, 4) is 11.4 Å². The van der Waals surface area contributed by atoms with Crippen LogP contribution in [0.25, 0.3) is 11.4 Å². The van der Waals surface area contributed by atoms with Crippen LogP contribution >= 0.6 is 11.3 Å². The van der Waals surface area contributed by atoms with Gasteiger partial charge in [0.25, 0.3) is 0 Å². The van der Waals surface area contributed by atoms with Crippen molar-refractivity contribution >= 4 is 17.3 Å². The molecule has 18 heavy (non-hydrogen) atoms. The average Bonchev–Trinajstić information content (AvgIpc) is 3.01. The van der Waals surface area contributed by atoms with Gasteiger partial charge >= 0.3 is 0 Å². The normalized spacial score (nSPS) is 16.8. The highest BCUT2D eigenvalue weighted by atomic mass is 32.1. The monoisotopic (exact) mass is 255 g/mol. The first-order valence-corrected chi connectivity index (χ1v) is 6.47. The maximum Gasteiger partial charge on any atom is 0.226 e. The fraction of sp³-hybridized carbons (Fsp3) is 0.0833. The molecule has 1 atom stereocenters. The Morgan fingerprint density at radius 2 is 2.11 bits per heavy atom. The summed E-state index contributed by atoms with van der Waals surface area (Å²) in [5, 5.41) is 7.80. The Kier molecular flexibility index (Phi) is 1.98. The molecule has 0 aliphatic carbocycles. The summed E-state index contributed by atoms with van der Waals surface area (Å²) >= 11 is 1.61. The molecular formula is C12H9N5S. The van der Waals surface area contributed by atoms with Crippen LogP contribution in [-0.2, 0) is 0 Å². The van der Waals surface area contributed by atoms with Gasteiger partial charge in [0.15, 0.2) is 12.0 Å². The van der Waals surface area contributed by atoms with E-state index in [0.717, 1.165) is 22.2 Å². The Balaban J connectivity index is 1.72. The molecule has 4 rings (SSSR count). The molecule has 1 N–H and O–H groups in total. The number of nitrogens with zero attached hydrogens (tertiary/aromatic N) is 4. The van der Waals surface area contributed by atoms with Crippen molar-refractivity contribution in [2.45, 2.75) is 6.17 Å². The second-order valence-corrected chi connectivity index (χ2v) is 4.94. The quantitative estimate of drug-likeness (QED) is 0.763. The summed E-state index contributed by atoms with van der Waals surface area (Å²) in [6.45, 7) is 0. The van der Waals surface area contributed by atoms with Crippen molar-refractivity contribution in [3.63, 3.8) is 0 Å². The van der Waals surface area contributed by atoms with Crippen LogP contribution in [0.2, 0.25) is 0 Å². The van der Waals surface area contributed by atoms with E-state index in [1.165, 1.54) is 0 Å². The van der Waals surface area contributed by atoms with E-state index in [1.807, 2.05) is 46.7 Å². The van der Waals surface area contributed by atoms with Crippen LogP contribution in [0.15, 0.2) is 42.0 Å². The minimum absolute atomic E-state index is 0.0810. The van der Waals surface area contributed by atoms with Crippen molar-refractivity contribution in [1.82, 2.24) is 19.7 Å². The molecule has 0 fully saturated rings. The van der Waals surface area contributed by atoms with Crippen molar-refractivity contribution in [3.05, 3.63) is 46.9 Å². The minimum atomic E-state index is 0.0810. The lowest BCUT2D eigenvalue weighted by Gasteiger charge is -2.27. The first-order valence-electron chi connectivity index (χ1n) is 5.59. The average molecular weight is 255 g/mol. The van der Waals surface area contributed by atoms with Crippen molar-refractivity contribution in [2.24, 2.45) is 0 Å². The van der Waals surface area contributed by atoms with E-state index < -0.39 is 0 Å². The first-order chi connectivity index (χ1) is 8.92. The van der Waals surface area contributed by atoms with Crippen LogP contribution < -0.4 is 5.32 Å². The molecule has 1 aliphatic heterocycles. The molecule has 0 saturated carbocycles. The lowest BCUT2D eigenvalue weighted by atomic mass is 10.2. The Morgan fingerprint density at radius 1 is 1.22 bits per heavy atom. The van der Waals surface area contributed by atoms with Gasteiger partial charge in [0.05, 0.1) is 10.4 Å². The molecule has 3 aromatic rings. The maximum absolute atomic E-state index is 4.53. The highest BCUT2D eigenvalue weighted by Gasteiger charge is 2.31. The number of thiazole rings is 1. The van der Waals surface area contributed by atoms with Crippen LogP contribution in [0.5, 0.6) is 0 Å². The van der Waals surface area contributed by atoms with E-state index in [0.29, 0.717) is 0 Å². The summed E-state index contributed by atoms with van der Waals surface area (Å²) in [4.78, 5) is 9.68. The van der Waals surface area contributed by atoms with Gasteiger partial charge in [0.1, 0.15) is 0 Å². The van der Waals surface area contributed by atoms with E-state index in [2.05, 4.69) is 20.4 Å². The molecule has 6 heteroatoms. The van der Waals surface area contributed by atoms with Gasteiger partial charge in [0.2, 0.25) is 5.95 Å². The molecule has 3 heterocycles. The number of benzene rings is 1. The Bertz CT molecular complexity index is 674. The van der Waals surface area contributed by atoms with Crippen LogP contribution in [0.4, 0.5) is 5.95 Å². The summed E-state index contributed by atoms with van der Waals surface area (Å²) in [5.41, 5.74) is 2.86. The van der Waals surface area contributed by atoms with Crippen LogP contribution in [0.3, 0.4) is 0 Å². The van der Waals surface area contributed by atoms with Gasteiger partial charge in [0, 0.05) is 11.8 Å². The highest BCUT2D eigenvalue weighted by molar-refractivity contribution is 7.09. The number of fused-ring (bicyclic) bond motifs is 1. The summed E-state index contributed by atoms with van der Waals surface area (Å²) in [7, 11) is 0. The van der Waals surface area contributed by atoms with Crippen LogP contribution in [0, 0.1) is 0 Å². The minimum Gasteiger partial charge on any atom is -0.328 e. The zero-order chi connectivity index (χ0) is 11.9. The number of rotatable bonds is 2. The van der Waals surface area contributed by atoms with E-state index in [4.69, 9.17) is 0 Å². The molecule has 5 nitrogen and oxygen atoms in total. The molecule has 1 aliphatic rings. The molecular weight excluding hydrogens is 246 g/mol. The third-order valence-corrected chi connectivity index (χ3v) is 3.72. The van der Waals surface area contributed by atoms with E-state index in [9.17, 15) is 0 Å². The smallest absolute Gasteiger partial charge is 0.226 e. The zero-order valence-corrected chi connectivity index (χ0v) is 10.1. The lowest BCUT2D eigenvalue weighted by molar-refractivity contribution is 0.517. The van der Waals surface area contributed by atoms with Gasteiger partial charge in [-0.2, -0.15) is 4.98 Å². The van der Waals surface area contributed by atoms with Crippen LogP contribution in [-0.4, -0.2) is 19.7 Å². The van der Waals surface area contributed by atoms with E-state index in [1.54, 1.807) is 11.3 Å². The van der Waals surface area contributed by atoms with Gasteiger partial charge in [-0.15, -0.1) is 16.4 Å². The molecule has 0 spiro atoms. The zero-order valence-electron chi connectivity index (χ0n) is 9.32. The maximum atomic E-state index is 4.53. The van der Waals surface area contributed by atoms with E-state index in [-0.39, 0.29) is 6.17 Å². The number of anilines is 1. The number of hydrogen-bond donors (Lipinski definition) is 1. The van der Waals surface area contributed by atoms with Crippen molar-refractivity contribution < 1.29 is 0 Å². The predicted octanol–water partition coefficient (Wildman–Crippen LogP) is 2.37. The molecule has 1 aromatic carbocycles. The summed E-state index contributed by atoms with van der Waals surface area (Å²) in [5.74, 6) is 1.57. The molecule has 2 aromatic heterocycles. The Labute approximate surface area is 107 Å². The lowest BCUT2D eigenvalue weighted by Crippen LogP contribution is -2.31. The van der Waals surface area contributed by atoms with Crippen LogP contribution in [0.1, 0.15) is 11.0 Å². The molecule has 1 unspecified atom stereocenters. The summed E-state index contributed by atoms with van der Waals surface area (Å²) in [6, 6.07) is 9.98. The Morgan fingerprint density at radius 3 is 2.89 bits per heavy atom. The second-order valence-electron chi connectivity index (χ2n) is 4.02. The largest absolute Gasteiger partial charge is 0.328 e. The third kappa shape index (κ3) is 1.36. The number of aromatic nitrogens is 4. The third-order valence-electron chi connectivity index (χ3n) is 2.89. The number of hydrogen-bond acceptors (Lipinski definition) is 5. The summed E-state index contributed by atoms with van der Waals surface area (Å²) in [6.07, 6.45) is 1.94. The molecule has 88 valence electrons. The van der Waals surface area contributed by atoms with Gasteiger partial charge in [-0.3, -0.25) is 4.98 Å². The molecule has 0 radical (unpaired) electrons. The molecule has 0 bridgehead atoms. The second kappa shape index (κ2) is 3.64. The fourth-order valence-corrected chi connectivity index (χ4v) is 2.63. The molecule has 0 saturated heterocycles. The molecule has 0 amide bonds. The van der Waals surface area contributed by atoms with Crippen molar-refractivity contribution in [2.75, 3.05) is 5.32 Å². The van der Waals surface area contributed by atoms with Gasteiger partial charge in [-0.1, -0.05) is 30.3 Å². The van der Waals surface area contributed by atoms with E-state index >= 15 is 0 Å². The SMILES string of the molecule is c1ccc(-c2nc3n(n2)C(c2cncs2)N3)cc1.